The van der Waals surface area contributed by atoms with Crippen LogP contribution in [0.2, 0.25) is 0 Å². The van der Waals surface area contributed by atoms with Gasteiger partial charge >= 0.3 is 0 Å². The maximum absolute atomic E-state index is 6.29. The number of methoxy groups -OCH3 is 1. The highest BCUT2D eigenvalue weighted by molar-refractivity contribution is 7.99. The van der Waals surface area contributed by atoms with Crippen LogP contribution >= 0.6 is 11.8 Å². The fourth-order valence-electron chi connectivity index (χ4n) is 2.18. The lowest BCUT2D eigenvalue weighted by molar-refractivity contribution is 0.414. The van der Waals surface area contributed by atoms with Crippen molar-refractivity contribution in [3.05, 3.63) is 59.2 Å². The van der Waals surface area contributed by atoms with E-state index in [0.29, 0.717) is 0 Å². The molecule has 0 heterocycles. The van der Waals surface area contributed by atoms with Crippen LogP contribution in [-0.2, 0) is 0 Å². The molecular weight excluding hydrogens is 266 g/mol. The van der Waals surface area contributed by atoms with E-state index in [1.807, 2.05) is 12.1 Å². The Balaban J connectivity index is 1.98. The summed E-state index contributed by atoms with van der Waals surface area (Å²) >= 11 is 1.77. The average molecular weight is 287 g/mol. The molecule has 1 unspecified atom stereocenters. The standard InChI is InChI=1S/C17H21NOS/c1-12-8-13(2)10-14(9-12)17(18)11-20-16-6-4-15(19-3)5-7-16/h4-10,17H,11,18H2,1-3H3. The van der Waals surface area contributed by atoms with Crippen molar-refractivity contribution in [1.29, 1.82) is 0 Å². The second-order valence-corrected chi connectivity index (χ2v) is 6.11. The van der Waals surface area contributed by atoms with Gasteiger partial charge in [-0.3, -0.25) is 0 Å². The molecule has 0 aliphatic rings. The van der Waals surface area contributed by atoms with Gasteiger partial charge in [-0.05, 0) is 43.7 Å². The molecule has 2 aromatic carbocycles. The Morgan fingerprint density at radius 1 is 1.05 bits per heavy atom. The van der Waals surface area contributed by atoms with Crippen molar-refractivity contribution < 1.29 is 4.74 Å². The molecule has 0 spiro atoms. The molecule has 0 aliphatic carbocycles. The first kappa shape index (κ1) is 14.9. The van der Waals surface area contributed by atoms with E-state index in [0.717, 1.165) is 11.5 Å². The Morgan fingerprint density at radius 2 is 1.65 bits per heavy atom. The lowest BCUT2D eigenvalue weighted by Crippen LogP contribution is -2.13. The summed E-state index contributed by atoms with van der Waals surface area (Å²) in [6.07, 6.45) is 0. The smallest absolute Gasteiger partial charge is 0.118 e. The number of nitrogens with two attached hydrogens (primary N) is 1. The average Bonchev–Trinajstić information content (AvgIpc) is 2.44. The predicted molar refractivity (Wildman–Crippen MR) is 86.6 cm³/mol. The molecule has 0 amide bonds. The molecule has 2 rings (SSSR count). The number of thioether (sulfide) groups is 1. The van der Waals surface area contributed by atoms with E-state index < -0.39 is 0 Å². The summed E-state index contributed by atoms with van der Waals surface area (Å²) in [5.41, 5.74) is 10.0. The maximum atomic E-state index is 6.29. The van der Waals surface area contributed by atoms with Crippen LogP contribution in [0, 0.1) is 13.8 Å². The molecule has 106 valence electrons. The van der Waals surface area contributed by atoms with Crippen LogP contribution in [0.25, 0.3) is 0 Å². The van der Waals surface area contributed by atoms with Gasteiger partial charge in [0, 0.05) is 16.7 Å². The number of aryl methyl sites for hydroxylation is 2. The molecule has 2 N–H and O–H groups in total. The van der Waals surface area contributed by atoms with Gasteiger partial charge in [-0.2, -0.15) is 0 Å². The van der Waals surface area contributed by atoms with E-state index >= 15 is 0 Å². The molecule has 0 saturated heterocycles. The Kier molecular flexibility index (Phi) is 5.10. The second kappa shape index (κ2) is 6.82. The zero-order valence-electron chi connectivity index (χ0n) is 12.2. The van der Waals surface area contributed by atoms with E-state index in [-0.39, 0.29) is 6.04 Å². The minimum atomic E-state index is 0.0562. The van der Waals surface area contributed by atoms with Crippen LogP contribution in [0.1, 0.15) is 22.7 Å². The summed E-state index contributed by atoms with van der Waals surface area (Å²) in [6, 6.07) is 14.7. The molecule has 0 saturated carbocycles. The molecule has 0 bridgehead atoms. The molecule has 1 atom stereocenters. The fraction of sp³-hybridized carbons (Fsp3) is 0.294. The molecule has 0 radical (unpaired) electrons. The Bertz CT molecular complexity index is 545. The SMILES string of the molecule is COc1ccc(SCC(N)c2cc(C)cc(C)c2)cc1. The zero-order chi connectivity index (χ0) is 14.5. The van der Waals surface area contributed by atoms with Crippen LogP contribution in [0.15, 0.2) is 47.4 Å². The summed E-state index contributed by atoms with van der Waals surface area (Å²) in [5, 5.41) is 0. The Hall–Kier alpha value is -1.45. The van der Waals surface area contributed by atoms with Gasteiger partial charge in [0.25, 0.3) is 0 Å². The molecular formula is C17H21NOS. The zero-order valence-corrected chi connectivity index (χ0v) is 13.0. The number of hydrogen-bond donors (Lipinski definition) is 1. The summed E-state index contributed by atoms with van der Waals surface area (Å²) in [6.45, 7) is 4.22. The monoisotopic (exact) mass is 287 g/mol. The van der Waals surface area contributed by atoms with Crippen molar-refractivity contribution in [3.8, 4) is 5.75 Å². The first-order valence-corrected chi connectivity index (χ1v) is 7.67. The Morgan fingerprint density at radius 3 is 2.20 bits per heavy atom. The van der Waals surface area contributed by atoms with Gasteiger partial charge in [-0.15, -0.1) is 11.8 Å². The lowest BCUT2D eigenvalue weighted by Gasteiger charge is -2.13. The van der Waals surface area contributed by atoms with Gasteiger partial charge in [-0.1, -0.05) is 29.3 Å². The van der Waals surface area contributed by atoms with E-state index in [1.165, 1.54) is 21.6 Å². The van der Waals surface area contributed by atoms with Gasteiger partial charge in [-0.25, -0.2) is 0 Å². The number of ether oxygens (including phenoxy) is 1. The molecule has 0 aromatic heterocycles. The summed E-state index contributed by atoms with van der Waals surface area (Å²) in [4.78, 5) is 1.21. The highest BCUT2D eigenvalue weighted by Gasteiger charge is 2.08. The topological polar surface area (TPSA) is 35.2 Å². The predicted octanol–water partition coefficient (Wildman–Crippen LogP) is 4.10. The van der Waals surface area contributed by atoms with Crippen LogP contribution in [0.3, 0.4) is 0 Å². The largest absolute Gasteiger partial charge is 0.497 e. The van der Waals surface area contributed by atoms with Gasteiger partial charge in [0.15, 0.2) is 0 Å². The third-order valence-electron chi connectivity index (χ3n) is 3.16. The van der Waals surface area contributed by atoms with E-state index in [9.17, 15) is 0 Å². The van der Waals surface area contributed by atoms with Crippen molar-refractivity contribution >= 4 is 11.8 Å². The molecule has 2 aromatic rings. The van der Waals surface area contributed by atoms with Crippen LogP contribution in [0.5, 0.6) is 5.75 Å². The van der Waals surface area contributed by atoms with Gasteiger partial charge in [0.1, 0.15) is 5.75 Å². The molecule has 0 aliphatic heterocycles. The van der Waals surface area contributed by atoms with E-state index in [1.54, 1.807) is 18.9 Å². The first-order valence-electron chi connectivity index (χ1n) is 6.69. The van der Waals surface area contributed by atoms with Crippen molar-refractivity contribution in [1.82, 2.24) is 0 Å². The summed E-state index contributed by atoms with van der Waals surface area (Å²) < 4.78 is 5.16. The van der Waals surface area contributed by atoms with Crippen molar-refractivity contribution in [2.45, 2.75) is 24.8 Å². The van der Waals surface area contributed by atoms with Crippen LogP contribution < -0.4 is 10.5 Å². The lowest BCUT2D eigenvalue weighted by atomic mass is 10.0. The molecule has 2 nitrogen and oxygen atoms in total. The molecule has 3 heteroatoms. The number of benzene rings is 2. The highest BCUT2D eigenvalue weighted by Crippen LogP contribution is 2.26. The quantitative estimate of drug-likeness (QED) is 0.841. The van der Waals surface area contributed by atoms with Gasteiger partial charge < -0.3 is 10.5 Å². The number of hydrogen-bond acceptors (Lipinski definition) is 3. The van der Waals surface area contributed by atoms with E-state index in [4.69, 9.17) is 10.5 Å². The maximum Gasteiger partial charge on any atom is 0.118 e. The van der Waals surface area contributed by atoms with Crippen LogP contribution in [-0.4, -0.2) is 12.9 Å². The second-order valence-electron chi connectivity index (χ2n) is 5.01. The minimum Gasteiger partial charge on any atom is -0.497 e. The van der Waals surface area contributed by atoms with E-state index in [2.05, 4.69) is 44.2 Å². The van der Waals surface area contributed by atoms with Gasteiger partial charge in [0.2, 0.25) is 0 Å². The van der Waals surface area contributed by atoms with Crippen molar-refractivity contribution in [3.63, 3.8) is 0 Å². The first-order chi connectivity index (χ1) is 9.58. The van der Waals surface area contributed by atoms with Crippen LogP contribution in [0.4, 0.5) is 0 Å². The third-order valence-corrected chi connectivity index (χ3v) is 4.29. The Labute approximate surface area is 125 Å². The van der Waals surface area contributed by atoms with Gasteiger partial charge in [0.05, 0.1) is 7.11 Å². The molecule has 0 fully saturated rings. The van der Waals surface area contributed by atoms with Crippen molar-refractivity contribution in [2.75, 3.05) is 12.9 Å². The fourth-order valence-corrected chi connectivity index (χ4v) is 3.07. The minimum absolute atomic E-state index is 0.0562. The number of rotatable bonds is 5. The highest BCUT2D eigenvalue weighted by atomic mass is 32.2. The van der Waals surface area contributed by atoms with Crippen molar-refractivity contribution in [2.24, 2.45) is 5.73 Å². The third kappa shape index (κ3) is 4.02. The summed E-state index contributed by atoms with van der Waals surface area (Å²) in [7, 11) is 1.68. The summed E-state index contributed by atoms with van der Waals surface area (Å²) in [5.74, 6) is 1.75. The normalized spacial score (nSPS) is 12.2. The molecule has 20 heavy (non-hydrogen) atoms.